The van der Waals surface area contributed by atoms with Crippen molar-refractivity contribution >= 4 is 0 Å². The molecule has 0 saturated carbocycles. The van der Waals surface area contributed by atoms with Crippen molar-refractivity contribution in [2.75, 3.05) is 26.2 Å². The molecule has 2 heterocycles. The number of likely N-dealkylation sites (N-methyl/N-ethyl adjacent to an activating group) is 1. The van der Waals surface area contributed by atoms with E-state index in [4.69, 9.17) is 0 Å². The molecule has 2 unspecified atom stereocenters. The lowest BCUT2D eigenvalue weighted by atomic mass is 9.83. The predicted octanol–water partition coefficient (Wildman–Crippen LogP) is 0.975. The van der Waals surface area contributed by atoms with Crippen LogP contribution in [0.4, 0.5) is 0 Å². The van der Waals surface area contributed by atoms with Crippen LogP contribution in [0.15, 0.2) is 0 Å². The zero-order valence-corrected chi connectivity index (χ0v) is 9.84. The Kier molecular flexibility index (Phi) is 3.65. The van der Waals surface area contributed by atoms with Gasteiger partial charge in [-0.2, -0.15) is 0 Å². The maximum Gasteiger partial charge on any atom is 0.0449 e. The van der Waals surface area contributed by atoms with Crippen LogP contribution in [0.25, 0.3) is 0 Å². The minimum absolute atomic E-state index is 0.212. The molecule has 0 aromatic carbocycles. The summed E-state index contributed by atoms with van der Waals surface area (Å²) < 4.78 is 0. The molecule has 0 aromatic heterocycles. The third-order valence-electron chi connectivity index (χ3n) is 4.18. The molecule has 0 radical (unpaired) electrons. The van der Waals surface area contributed by atoms with Crippen LogP contribution in [0.5, 0.6) is 0 Å². The summed E-state index contributed by atoms with van der Waals surface area (Å²) in [6.07, 6.45) is 6.17. The number of nitrogens with one attached hydrogen (secondary N) is 1. The molecule has 15 heavy (non-hydrogen) atoms. The van der Waals surface area contributed by atoms with E-state index in [0.717, 1.165) is 13.0 Å². The van der Waals surface area contributed by atoms with Gasteiger partial charge in [-0.15, -0.1) is 0 Å². The fourth-order valence-electron chi connectivity index (χ4n) is 3.53. The molecule has 0 aromatic rings. The molecule has 88 valence electrons. The Morgan fingerprint density at radius 3 is 3.00 bits per heavy atom. The van der Waals surface area contributed by atoms with Gasteiger partial charge in [0, 0.05) is 24.7 Å². The van der Waals surface area contributed by atoms with Crippen molar-refractivity contribution in [3.8, 4) is 0 Å². The molecule has 2 aliphatic heterocycles. The summed E-state index contributed by atoms with van der Waals surface area (Å²) in [5, 5.41) is 12.9. The van der Waals surface area contributed by atoms with Gasteiger partial charge in [0.1, 0.15) is 0 Å². The number of hydrogen-bond donors (Lipinski definition) is 2. The zero-order chi connectivity index (χ0) is 10.7. The number of aliphatic hydroxyl groups excluding tert-OH is 1. The normalized spacial score (nSPS) is 36.8. The third-order valence-corrected chi connectivity index (χ3v) is 4.18. The molecule has 3 nitrogen and oxygen atoms in total. The van der Waals surface area contributed by atoms with Crippen LogP contribution in [-0.2, 0) is 0 Å². The van der Waals surface area contributed by atoms with E-state index in [1.807, 2.05) is 0 Å². The van der Waals surface area contributed by atoms with E-state index in [0.29, 0.717) is 12.6 Å². The van der Waals surface area contributed by atoms with E-state index in [1.54, 1.807) is 0 Å². The summed E-state index contributed by atoms with van der Waals surface area (Å²) >= 11 is 0. The summed E-state index contributed by atoms with van der Waals surface area (Å²) in [5.41, 5.74) is 0.212. The van der Waals surface area contributed by atoms with Crippen molar-refractivity contribution in [3.05, 3.63) is 0 Å². The lowest BCUT2D eigenvalue weighted by molar-refractivity contribution is 0.116. The fraction of sp³-hybridized carbons (Fsp3) is 1.00. The fourth-order valence-corrected chi connectivity index (χ4v) is 3.53. The first-order valence-corrected chi connectivity index (χ1v) is 6.42. The Balaban J connectivity index is 2.09. The minimum atomic E-state index is 0.212. The van der Waals surface area contributed by atoms with Gasteiger partial charge in [-0.25, -0.2) is 0 Å². The van der Waals surface area contributed by atoms with Gasteiger partial charge in [0.25, 0.3) is 0 Å². The summed E-state index contributed by atoms with van der Waals surface area (Å²) in [6.45, 7) is 5.99. The van der Waals surface area contributed by atoms with Gasteiger partial charge in [-0.3, -0.25) is 4.90 Å². The summed E-state index contributed by atoms with van der Waals surface area (Å²) in [5.74, 6) is 0. The molecule has 0 spiro atoms. The molecule has 2 atom stereocenters. The van der Waals surface area contributed by atoms with Crippen molar-refractivity contribution in [1.29, 1.82) is 0 Å². The lowest BCUT2D eigenvalue weighted by Gasteiger charge is -2.41. The Morgan fingerprint density at radius 2 is 2.27 bits per heavy atom. The van der Waals surface area contributed by atoms with Crippen molar-refractivity contribution in [2.45, 2.75) is 50.6 Å². The van der Waals surface area contributed by atoms with Crippen LogP contribution in [0, 0.1) is 0 Å². The van der Waals surface area contributed by atoms with Gasteiger partial charge in [0.05, 0.1) is 0 Å². The summed E-state index contributed by atoms with van der Waals surface area (Å²) in [4.78, 5) is 2.63. The average Bonchev–Trinajstić information content (AvgIpc) is 2.60. The maximum atomic E-state index is 9.25. The van der Waals surface area contributed by atoms with Crippen LogP contribution in [0.3, 0.4) is 0 Å². The van der Waals surface area contributed by atoms with E-state index in [9.17, 15) is 5.11 Å². The smallest absolute Gasteiger partial charge is 0.0449 e. The van der Waals surface area contributed by atoms with Crippen LogP contribution in [0.2, 0.25) is 0 Å². The number of rotatable bonds is 4. The first-order chi connectivity index (χ1) is 7.32. The van der Waals surface area contributed by atoms with Crippen molar-refractivity contribution in [3.63, 3.8) is 0 Å². The third kappa shape index (κ3) is 2.05. The molecular formula is C12H24N2O. The Morgan fingerprint density at radius 1 is 1.40 bits per heavy atom. The predicted molar refractivity (Wildman–Crippen MR) is 61.9 cm³/mol. The SMILES string of the molecule is CCNC1(CCO)CCN2CCCCC21. The molecule has 0 amide bonds. The maximum absolute atomic E-state index is 9.25. The molecule has 0 aliphatic carbocycles. The van der Waals surface area contributed by atoms with Gasteiger partial charge < -0.3 is 10.4 Å². The van der Waals surface area contributed by atoms with Crippen LogP contribution in [-0.4, -0.2) is 47.8 Å². The van der Waals surface area contributed by atoms with Gasteiger partial charge in [0.15, 0.2) is 0 Å². The lowest BCUT2D eigenvalue weighted by Crippen LogP contribution is -2.56. The van der Waals surface area contributed by atoms with Crippen LogP contribution >= 0.6 is 0 Å². The van der Waals surface area contributed by atoms with E-state index in [-0.39, 0.29) is 5.54 Å². The topological polar surface area (TPSA) is 35.5 Å². The number of aliphatic hydroxyl groups is 1. The summed E-state index contributed by atoms with van der Waals surface area (Å²) in [6, 6.07) is 0.679. The number of fused-ring (bicyclic) bond motifs is 1. The van der Waals surface area contributed by atoms with Gasteiger partial charge in [0.2, 0.25) is 0 Å². The highest BCUT2D eigenvalue weighted by molar-refractivity contribution is 5.06. The Bertz CT molecular complexity index is 202. The molecule has 2 fully saturated rings. The van der Waals surface area contributed by atoms with Crippen molar-refractivity contribution in [1.82, 2.24) is 10.2 Å². The highest BCUT2D eigenvalue weighted by Gasteiger charge is 2.46. The largest absolute Gasteiger partial charge is 0.396 e. The molecule has 2 rings (SSSR count). The second-order valence-electron chi connectivity index (χ2n) is 4.96. The Labute approximate surface area is 92.8 Å². The number of piperidine rings is 1. The Hall–Kier alpha value is -0.120. The first-order valence-electron chi connectivity index (χ1n) is 6.42. The molecule has 3 heteroatoms. The second kappa shape index (κ2) is 4.81. The van der Waals surface area contributed by atoms with E-state index in [2.05, 4.69) is 17.1 Å². The highest BCUT2D eigenvalue weighted by atomic mass is 16.3. The first kappa shape index (κ1) is 11.4. The van der Waals surface area contributed by atoms with Crippen LogP contribution < -0.4 is 5.32 Å². The van der Waals surface area contributed by atoms with Gasteiger partial charge in [-0.05, 0) is 38.8 Å². The second-order valence-corrected chi connectivity index (χ2v) is 4.96. The highest BCUT2D eigenvalue weighted by Crippen LogP contribution is 2.37. The van der Waals surface area contributed by atoms with E-state index < -0.39 is 0 Å². The quantitative estimate of drug-likeness (QED) is 0.729. The van der Waals surface area contributed by atoms with Crippen LogP contribution in [0.1, 0.15) is 39.0 Å². The van der Waals surface area contributed by atoms with Gasteiger partial charge >= 0.3 is 0 Å². The van der Waals surface area contributed by atoms with Crippen molar-refractivity contribution in [2.24, 2.45) is 0 Å². The average molecular weight is 212 g/mol. The van der Waals surface area contributed by atoms with E-state index >= 15 is 0 Å². The van der Waals surface area contributed by atoms with Gasteiger partial charge in [-0.1, -0.05) is 13.3 Å². The number of hydrogen-bond acceptors (Lipinski definition) is 3. The van der Waals surface area contributed by atoms with Crippen molar-refractivity contribution < 1.29 is 5.11 Å². The number of nitrogens with zero attached hydrogens (tertiary/aromatic N) is 1. The van der Waals surface area contributed by atoms with E-state index in [1.165, 1.54) is 38.8 Å². The molecule has 2 saturated heterocycles. The molecule has 2 aliphatic rings. The molecule has 2 N–H and O–H groups in total. The monoisotopic (exact) mass is 212 g/mol. The minimum Gasteiger partial charge on any atom is -0.396 e. The zero-order valence-electron chi connectivity index (χ0n) is 9.84. The molecular weight excluding hydrogens is 188 g/mol. The molecule has 0 bridgehead atoms. The summed E-state index contributed by atoms with van der Waals surface area (Å²) in [7, 11) is 0. The standard InChI is InChI=1S/C12H24N2O/c1-2-13-12(7-10-15)6-9-14-8-4-3-5-11(12)14/h11,13,15H,2-10H2,1H3.